The molecule has 0 atom stereocenters. The first-order chi connectivity index (χ1) is 8.60. The molecule has 0 unspecified atom stereocenters. The van der Waals surface area contributed by atoms with Crippen LogP contribution in [0.5, 0.6) is 5.75 Å². The fourth-order valence-corrected chi connectivity index (χ4v) is 2.72. The van der Waals surface area contributed by atoms with Crippen LogP contribution < -0.4 is 10.1 Å². The molecule has 1 aromatic carbocycles. The van der Waals surface area contributed by atoms with Gasteiger partial charge >= 0.3 is 0 Å². The number of ether oxygens (including phenoxy) is 1. The van der Waals surface area contributed by atoms with Crippen LogP contribution in [-0.4, -0.2) is 7.11 Å². The Bertz CT molecular complexity index is 551. The summed E-state index contributed by atoms with van der Waals surface area (Å²) in [5.74, 6) is 0.777. The molecule has 0 aliphatic carbocycles. The van der Waals surface area contributed by atoms with Crippen LogP contribution in [0, 0.1) is 13.8 Å². The number of benzene rings is 1. The molecular weight excluding hydrogens is 266 g/mol. The van der Waals surface area contributed by atoms with Gasteiger partial charge in [0.2, 0.25) is 0 Å². The van der Waals surface area contributed by atoms with Gasteiger partial charge < -0.3 is 10.1 Å². The summed E-state index contributed by atoms with van der Waals surface area (Å²) in [6.07, 6.45) is 0. The zero-order valence-corrected chi connectivity index (χ0v) is 12.3. The largest absolute Gasteiger partial charge is 0.495 e. The lowest BCUT2D eigenvalue weighted by Gasteiger charge is -2.12. The van der Waals surface area contributed by atoms with E-state index >= 15 is 0 Å². The van der Waals surface area contributed by atoms with Gasteiger partial charge in [0, 0.05) is 27.4 Å². The second-order valence-electron chi connectivity index (χ2n) is 4.17. The lowest BCUT2D eigenvalue weighted by Crippen LogP contribution is -2.00. The molecule has 0 fully saturated rings. The molecule has 0 saturated carbocycles. The number of thiophene rings is 1. The topological polar surface area (TPSA) is 21.3 Å². The first-order valence-electron chi connectivity index (χ1n) is 5.73. The highest BCUT2D eigenvalue weighted by molar-refractivity contribution is 7.11. The second-order valence-corrected chi connectivity index (χ2v) is 5.95. The van der Waals surface area contributed by atoms with Crippen LogP contribution in [-0.2, 0) is 6.54 Å². The third kappa shape index (κ3) is 2.98. The van der Waals surface area contributed by atoms with Crippen LogP contribution in [0.1, 0.15) is 15.3 Å². The molecule has 96 valence electrons. The van der Waals surface area contributed by atoms with Crippen LogP contribution in [0.4, 0.5) is 5.69 Å². The molecule has 0 aliphatic rings. The number of nitrogens with one attached hydrogen (secondary N) is 1. The maximum absolute atomic E-state index is 6.08. The Morgan fingerprint density at radius 2 is 2.06 bits per heavy atom. The fourth-order valence-electron chi connectivity index (χ4n) is 1.73. The number of rotatable bonds is 4. The van der Waals surface area contributed by atoms with E-state index in [1.54, 1.807) is 18.4 Å². The molecule has 0 bridgehead atoms. The predicted molar refractivity (Wildman–Crippen MR) is 79.1 cm³/mol. The molecule has 2 aromatic rings. The summed E-state index contributed by atoms with van der Waals surface area (Å²) in [4.78, 5) is 2.63. The molecule has 1 heterocycles. The van der Waals surface area contributed by atoms with Crippen molar-refractivity contribution >= 4 is 28.6 Å². The van der Waals surface area contributed by atoms with Crippen LogP contribution >= 0.6 is 22.9 Å². The minimum Gasteiger partial charge on any atom is -0.495 e. The van der Waals surface area contributed by atoms with E-state index in [9.17, 15) is 0 Å². The molecule has 0 amide bonds. The monoisotopic (exact) mass is 281 g/mol. The number of aryl methyl sites for hydroxylation is 2. The van der Waals surface area contributed by atoms with Crippen LogP contribution in [0.25, 0.3) is 0 Å². The number of hydrogen-bond donors (Lipinski definition) is 1. The molecule has 0 spiro atoms. The van der Waals surface area contributed by atoms with E-state index in [-0.39, 0.29) is 0 Å². The van der Waals surface area contributed by atoms with Crippen molar-refractivity contribution in [2.75, 3.05) is 12.4 Å². The Morgan fingerprint density at radius 3 is 2.67 bits per heavy atom. The molecule has 0 radical (unpaired) electrons. The molecule has 4 heteroatoms. The number of halogens is 1. The van der Waals surface area contributed by atoms with Gasteiger partial charge in [-0.3, -0.25) is 0 Å². The summed E-state index contributed by atoms with van der Waals surface area (Å²) in [5.41, 5.74) is 2.02. The first-order valence-corrected chi connectivity index (χ1v) is 6.93. The Hall–Kier alpha value is -1.19. The molecular formula is C14H16ClNOS. The summed E-state index contributed by atoms with van der Waals surface area (Å²) in [6, 6.07) is 8.13. The van der Waals surface area contributed by atoms with Crippen molar-refractivity contribution in [3.63, 3.8) is 0 Å². The van der Waals surface area contributed by atoms with E-state index in [1.165, 1.54) is 9.75 Å². The number of anilines is 1. The molecule has 1 aromatic heterocycles. The van der Waals surface area contributed by atoms with Crippen molar-refractivity contribution in [2.45, 2.75) is 20.4 Å². The van der Waals surface area contributed by atoms with E-state index < -0.39 is 0 Å². The Morgan fingerprint density at radius 1 is 1.28 bits per heavy atom. The van der Waals surface area contributed by atoms with Crippen molar-refractivity contribution in [2.24, 2.45) is 0 Å². The standard InChI is InChI=1S/C14H16ClNOS/c1-9-6-13(14(17-3)7-12(9)15)16-8-11-5-4-10(2)18-11/h4-7,16H,8H2,1-3H3. The lowest BCUT2D eigenvalue weighted by molar-refractivity contribution is 0.416. The summed E-state index contributed by atoms with van der Waals surface area (Å²) in [6.45, 7) is 4.90. The number of hydrogen-bond acceptors (Lipinski definition) is 3. The summed E-state index contributed by atoms with van der Waals surface area (Å²) in [5, 5.41) is 4.11. The average Bonchev–Trinajstić information content (AvgIpc) is 2.76. The quantitative estimate of drug-likeness (QED) is 0.881. The molecule has 18 heavy (non-hydrogen) atoms. The van der Waals surface area contributed by atoms with Gasteiger partial charge in [-0.25, -0.2) is 0 Å². The van der Waals surface area contributed by atoms with Crippen LogP contribution in [0.15, 0.2) is 24.3 Å². The van der Waals surface area contributed by atoms with Gasteiger partial charge in [-0.05, 0) is 37.6 Å². The zero-order chi connectivity index (χ0) is 13.1. The van der Waals surface area contributed by atoms with E-state index in [0.717, 1.165) is 28.6 Å². The normalized spacial score (nSPS) is 10.4. The Kier molecular flexibility index (Phi) is 4.15. The highest BCUT2D eigenvalue weighted by Crippen LogP contribution is 2.31. The summed E-state index contributed by atoms with van der Waals surface area (Å²) >= 11 is 7.88. The van der Waals surface area contributed by atoms with E-state index in [4.69, 9.17) is 16.3 Å². The van der Waals surface area contributed by atoms with Crippen molar-refractivity contribution in [3.05, 3.63) is 44.6 Å². The van der Waals surface area contributed by atoms with Gasteiger partial charge in [0.15, 0.2) is 0 Å². The number of methoxy groups -OCH3 is 1. The minimum atomic E-state index is 0.726. The third-order valence-electron chi connectivity index (χ3n) is 2.73. The van der Waals surface area contributed by atoms with Crippen molar-refractivity contribution in [1.29, 1.82) is 0 Å². The van der Waals surface area contributed by atoms with Gasteiger partial charge in [0.05, 0.1) is 12.8 Å². The highest BCUT2D eigenvalue weighted by Gasteiger charge is 2.07. The van der Waals surface area contributed by atoms with Crippen molar-refractivity contribution < 1.29 is 4.74 Å². The average molecular weight is 282 g/mol. The summed E-state index contributed by atoms with van der Waals surface area (Å²) < 4.78 is 5.33. The fraction of sp³-hybridized carbons (Fsp3) is 0.286. The third-order valence-corrected chi connectivity index (χ3v) is 4.14. The van der Waals surface area contributed by atoms with Crippen LogP contribution in [0.3, 0.4) is 0 Å². The van der Waals surface area contributed by atoms with Crippen molar-refractivity contribution in [3.8, 4) is 5.75 Å². The first kappa shape index (κ1) is 13.2. The smallest absolute Gasteiger partial charge is 0.143 e. The van der Waals surface area contributed by atoms with Crippen molar-refractivity contribution in [1.82, 2.24) is 0 Å². The van der Waals surface area contributed by atoms with E-state index in [1.807, 2.05) is 19.1 Å². The molecule has 0 saturated heterocycles. The maximum atomic E-state index is 6.08. The van der Waals surface area contributed by atoms with Crippen LogP contribution in [0.2, 0.25) is 5.02 Å². The van der Waals surface area contributed by atoms with Gasteiger partial charge in [-0.15, -0.1) is 11.3 Å². The molecule has 2 rings (SSSR count). The molecule has 2 nitrogen and oxygen atoms in total. The molecule has 0 aliphatic heterocycles. The van der Waals surface area contributed by atoms with Gasteiger partial charge in [0.1, 0.15) is 5.75 Å². The lowest BCUT2D eigenvalue weighted by atomic mass is 10.2. The Balaban J connectivity index is 2.15. The van der Waals surface area contributed by atoms with Gasteiger partial charge in [0.25, 0.3) is 0 Å². The summed E-state index contributed by atoms with van der Waals surface area (Å²) in [7, 11) is 1.65. The Labute approximate surface area is 117 Å². The second kappa shape index (κ2) is 5.63. The highest BCUT2D eigenvalue weighted by atomic mass is 35.5. The van der Waals surface area contributed by atoms with Gasteiger partial charge in [-0.2, -0.15) is 0 Å². The van der Waals surface area contributed by atoms with E-state index in [0.29, 0.717) is 0 Å². The van der Waals surface area contributed by atoms with Gasteiger partial charge in [-0.1, -0.05) is 11.6 Å². The SMILES string of the molecule is COc1cc(Cl)c(C)cc1NCc1ccc(C)s1. The zero-order valence-electron chi connectivity index (χ0n) is 10.7. The minimum absolute atomic E-state index is 0.726. The predicted octanol–water partition coefficient (Wildman–Crippen LogP) is 4.64. The van der Waals surface area contributed by atoms with E-state index in [2.05, 4.69) is 24.4 Å². The molecule has 1 N–H and O–H groups in total. The maximum Gasteiger partial charge on any atom is 0.143 e.